The summed E-state index contributed by atoms with van der Waals surface area (Å²) in [7, 11) is 0. The van der Waals surface area contributed by atoms with Gasteiger partial charge in [0.2, 0.25) is 0 Å². The summed E-state index contributed by atoms with van der Waals surface area (Å²) in [6.45, 7) is 8.80. The summed E-state index contributed by atoms with van der Waals surface area (Å²) in [4.78, 5) is 0. The van der Waals surface area contributed by atoms with Crippen LogP contribution in [-0.4, -0.2) is 0 Å². The van der Waals surface area contributed by atoms with E-state index in [0.717, 1.165) is 18.5 Å². The van der Waals surface area contributed by atoms with E-state index in [1.54, 1.807) is 0 Å². The molecule has 0 radical (unpaired) electrons. The fraction of sp³-hybridized carbons (Fsp3) is 0.368. The Labute approximate surface area is 122 Å². The van der Waals surface area contributed by atoms with Crippen molar-refractivity contribution >= 4 is 5.69 Å². The molecule has 1 nitrogen and oxygen atoms in total. The highest BCUT2D eigenvalue weighted by Gasteiger charge is 2.13. The van der Waals surface area contributed by atoms with E-state index in [4.69, 9.17) is 5.73 Å². The Morgan fingerprint density at radius 2 is 1.55 bits per heavy atom. The van der Waals surface area contributed by atoms with Gasteiger partial charge in [-0.15, -0.1) is 0 Å². The zero-order valence-electron chi connectivity index (χ0n) is 13.0. The van der Waals surface area contributed by atoms with Gasteiger partial charge in [-0.25, -0.2) is 0 Å². The van der Waals surface area contributed by atoms with Crippen LogP contribution in [0, 0.1) is 6.92 Å². The van der Waals surface area contributed by atoms with Gasteiger partial charge in [0, 0.05) is 11.6 Å². The molecule has 0 amide bonds. The zero-order valence-corrected chi connectivity index (χ0v) is 13.0. The summed E-state index contributed by atoms with van der Waals surface area (Å²) in [6, 6.07) is 13.3. The van der Waals surface area contributed by atoms with Crippen LogP contribution >= 0.6 is 0 Å². The second-order valence-corrected chi connectivity index (χ2v) is 5.64. The second kappa shape index (κ2) is 6.13. The van der Waals surface area contributed by atoms with Crippen LogP contribution < -0.4 is 5.73 Å². The Bertz CT molecular complexity index is 576. The number of benzene rings is 2. The Kier molecular flexibility index (Phi) is 4.49. The van der Waals surface area contributed by atoms with Gasteiger partial charge in [0.1, 0.15) is 0 Å². The Morgan fingerprint density at radius 1 is 0.950 bits per heavy atom. The molecule has 1 heteroatoms. The molecule has 0 heterocycles. The molecule has 20 heavy (non-hydrogen) atoms. The summed E-state index contributed by atoms with van der Waals surface area (Å²) in [6.07, 6.45) is 2.16. The number of nitrogen functional groups attached to an aromatic ring is 1. The normalized spacial score (nSPS) is 12.4. The number of hydrogen-bond donors (Lipinski definition) is 1. The molecule has 0 bridgehead atoms. The van der Waals surface area contributed by atoms with Crippen molar-refractivity contribution in [3.05, 3.63) is 64.2 Å². The lowest BCUT2D eigenvalue weighted by atomic mass is 9.88. The molecule has 106 valence electrons. The SMILES string of the molecule is CCc1cc(CC)cc([C@@H](C)c2cc(C)ccc2N)c1. The number of anilines is 1. The van der Waals surface area contributed by atoms with Gasteiger partial charge in [-0.05, 0) is 48.1 Å². The smallest absolute Gasteiger partial charge is 0.0352 e. The molecule has 2 aromatic carbocycles. The molecule has 0 spiro atoms. The summed E-state index contributed by atoms with van der Waals surface area (Å²) >= 11 is 0. The number of nitrogens with two attached hydrogens (primary N) is 1. The van der Waals surface area contributed by atoms with Crippen molar-refractivity contribution in [1.82, 2.24) is 0 Å². The van der Waals surface area contributed by atoms with Crippen LogP contribution in [0.25, 0.3) is 0 Å². The first-order valence-corrected chi connectivity index (χ1v) is 7.53. The van der Waals surface area contributed by atoms with Gasteiger partial charge in [0.25, 0.3) is 0 Å². The van der Waals surface area contributed by atoms with Crippen molar-refractivity contribution < 1.29 is 0 Å². The maximum absolute atomic E-state index is 6.17. The Morgan fingerprint density at radius 3 is 2.10 bits per heavy atom. The van der Waals surface area contributed by atoms with Crippen molar-refractivity contribution in [2.45, 2.75) is 46.5 Å². The average Bonchev–Trinajstić information content (AvgIpc) is 2.48. The van der Waals surface area contributed by atoms with Gasteiger partial charge in [-0.2, -0.15) is 0 Å². The van der Waals surface area contributed by atoms with Crippen LogP contribution in [0.3, 0.4) is 0 Å². The molecule has 0 unspecified atom stereocenters. The lowest BCUT2D eigenvalue weighted by Gasteiger charge is -2.18. The van der Waals surface area contributed by atoms with Crippen LogP contribution in [0.1, 0.15) is 54.5 Å². The maximum atomic E-state index is 6.17. The maximum Gasteiger partial charge on any atom is 0.0352 e. The van der Waals surface area contributed by atoms with E-state index in [-0.39, 0.29) is 0 Å². The third kappa shape index (κ3) is 3.04. The van der Waals surface area contributed by atoms with Crippen molar-refractivity contribution in [3.8, 4) is 0 Å². The third-order valence-electron chi connectivity index (χ3n) is 4.10. The highest BCUT2D eigenvalue weighted by molar-refractivity contribution is 5.53. The van der Waals surface area contributed by atoms with E-state index in [9.17, 15) is 0 Å². The molecule has 0 saturated carbocycles. The molecular weight excluding hydrogens is 242 g/mol. The van der Waals surface area contributed by atoms with Gasteiger partial charge in [-0.1, -0.05) is 56.7 Å². The fourth-order valence-corrected chi connectivity index (χ4v) is 2.70. The molecular formula is C19H25N. The second-order valence-electron chi connectivity index (χ2n) is 5.64. The largest absolute Gasteiger partial charge is 0.398 e. The topological polar surface area (TPSA) is 26.0 Å². The first-order chi connectivity index (χ1) is 9.55. The lowest BCUT2D eigenvalue weighted by Crippen LogP contribution is -2.03. The van der Waals surface area contributed by atoms with Gasteiger partial charge >= 0.3 is 0 Å². The number of hydrogen-bond acceptors (Lipinski definition) is 1. The highest BCUT2D eigenvalue weighted by atomic mass is 14.6. The summed E-state index contributed by atoms with van der Waals surface area (Å²) < 4.78 is 0. The van der Waals surface area contributed by atoms with Gasteiger partial charge in [-0.3, -0.25) is 0 Å². The van der Waals surface area contributed by atoms with Gasteiger partial charge in [0.15, 0.2) is 0 Å². The number of rotatable bonds is 4. The molecule has 2 aromatic rings. The van der Waals surface area contributed by atoms with Crippen molar-refractivity contribution in [2.75, 3.05) is 5.73 Å². The van der Waals surface area contributed by atoms with E-state index in [1.165, 1.54) is 27.8 Å². The molecule has 0 saturated heterocycles. The van der Waals surface area contributed by atoms with Crippen molar-refractivity contribution in [2.24, 2.45) is 0 Å². The van der Waals surface area contributed by atoms with E-state index in [2.05, 4.69) is 58.0 Å². The zero-order chi connectivity index (χ0) is 14.7. The molecule has 2 N–H and O–H groups in total. The molecule has 0 aliphatic carbocycles. The molecule has 2 rings (SSSR count). The third-order valence-corrected chi connectivity index (χ3v) is 4.10. The van der Waals surface area contributed by atoms with E-state index >= 15 is 0 Å². The minimum atomic E-state index is 0.340. The fourth-order valence-electron chi connectivity index (χ4n) is 2.70. The van der Waals surface area contributed by atoms with Crippen LogP contribution in [-0.2, 0) is 12.8 Å². The number of aryl methyl sites for hydroxylation is 3. The average molecular weight is 267 g/mol. The van der Waals surface area contributed by atoms with Crippen molar-refractivity contribution in [1.29, 1.82) is 0 Å². The predicted molar refractivity (Wildman–Crippen MR) is 88.3 cm³/mol. The van der Waals surface area contributed by atoms with Gasteiger partial charge in [0.05, 0.1) is 0 Å². The lowest BCUT2D eigenvalue weighted by molar-refractivity contribution is 0.909. The van der Waals surface area contributed by atoms with Crippen LogP contribution in [0.5, 0.6) is 0 Å². The van der Waals surface area contributed by atoms with Crippen LogP contribution in [0.15, 0.2) is 36.4 Å². The predicted octanol–water partition coefficient (Wildman–Crippen LogP) is 4.85. The van der Waals surface area contributed by atoms with Crippen molar-refractivity contribution in [3.63, 3.8) is 0 Å². The first-order valence-electron chi connectivity index (χ1n) is 7.53. The highest BCUT2D eigenvalue weighted by Crippen LogP contribution is 2.30. The van der Waals surface area contributed by atoms with E-state index < -0.39 is 0 Å². The molecule has 0 aliphatic rings. The minimum absolute atomic E-state index is 0.340. The summed E-state index contributed by atoms with van der Waals surface area (Å²) in [5, 5.41) is 0. The van der Waals surface area contributed by atoms with E-state index in [0.29, 0.717) is 5.92 Å². The monoisotopic (exact) mass is 267 g/mol. The Balaban J connectivity index is 2.46. The standard InChI is InChI=1S/C19H25N/c1-5-15-10-16(6-2)12-17(11-15)14(4)18-9-13(3)7-8-19(18)20/h7-12,14H,5-6,20H2,1-4H3/t14-/m1/s1. The summed E-state index contributed by atoms with van der Waals surface area (Å²) in [5.41, 5.74) is 13.8. The molecule has 0 aromatic heterocycles. The quantitative estimate of drug-likeness (QED) is 0.787. The molecule has 0 fully saturated rings. The van der Waals surface area contributed by atoms with E-state index in [1.807, 2.05) is 6.07 Å². The molecule has 0 aliphatic heterocycles. The van der Waals surface area contributed by atoms with Crippen LogP contribution in [0.4, 0.5) is 5.69 Å². The Hall–Kier alpha value is -1.76. The van der Waals surface area contributed by atoms with Crippen LogP contribution in [0.2, 0.25) is 0 Å². The first kappa shape index (κ1) is 14.6. The summed E-state index contributed by atoms with van der Waals surface area (Å²) in [5.74, 6) is 0.340. The minimum Gasteiger partial charge on any atom is -0.398 e. The van der Waals surface area contributed by atoms with Gasteiger partial charge < -0.3 is 5.73 Å². The molecule has 1 atom stereocenters.